The van der Waals surface area contributed by atoms with Crippen molar-refractivity contribution < 1.29 is 18.3 Å². The molecule has 0 unspecified atom stereocenters. The summed E-state index contributed by atoms with van der Waals surface area (Å²) in [4.78, 5) is 15.9. The van der Waals surface area contributed by atoms with Crippen molar-refractivity contribution in [3.8, 4) is 11.3 Å². The molecule has 0 bridgehead atoms. The lowest BCUT2D eigenvalue weighted by molar-refractivity contribution is -0.136. The summed E-state index contributed by atoms with van der Waals surface area (Å²) in [6.45, 7) is 8.93. The van der Waals surface area contributed by atoms with Gasteiger partial charge in [0.1, 0.15) is 0 Å². The van der Waals surface area contributed by atoms with E-state index < -0.39 is 23.0 Å². The van der Waals surface area contributed by atoms with Gasteiger partial charge in [0.15, 0.2) is 0 Å². The summed E-state index contributed by atoms with van der Waals surface area (Å²) in [7, 11) is 0. The average Bonchev–Trinajstić information content (AvgIpc) is 2.69. The summed E-state index contributed by atoms with van der Waals surface area (Å²) in [6, 6.07) is 14.9. The van der Waals surface area contributed by atoms with Gasteiger partial charge in [-0.1, -0.05) is 48.0 Å². The monoisotopic (exact) mass is 412 g/mol. The van der Waals surface area contributed by atoms with Crippen LogP contribution in [0.3, 0.4) is 0 Å². The van der Waals surface area contributed by atoms with E-state index in [1.54, 1.807) is 36.4 Å². The quantitative estimate of drug-likeness (QED) is 0.601. The van der Waals surface area contributed by atoms with Crippen LogP contribution in [0.5, 0.6) is 0 Å². The molecule has 0 fully saturated rings. The SMILES string of the molecule is [C-]#[N+]c1c(C(F)(F)F)cc(-c2cccc(C)c2)n(Cc2cccc(CCO)c2)c1=O. The number of hydrogen-bond donors (Lipinski definition) is 1. The number of alkyl halides is 3. The van der Waals surface area contributed by atoms with Gasteiger partial charge in [-0.15, -0.1) is 0 Å². The predicted molar refractivity (Wildman–Crippen MR) is 108 cm³/mol. The minimum absolute atomic E-state index is 0.00202. The Morgan fingerprint density at radius 3 is 2.40 bits per heavy atom. The van der Waals surface area contributed by atoms with Crippen LogP contribution in [-0.2, 0) is 19.1 Å². The van der Waals surface area contributed by atoms with Crippen LogP contribution >= 0.6 is 0 Å². The zero-order valence-electron chi connectivity index (χ0n) is 16.2. The maximum absolute atomic E-state index is 13.6. The number of halogens is 3. The lowest BCUT2D eigenvalue weighted by Gasteiger charge is -2.18. The Bertz CT molecular complexity index is 1170. The Balaban J connectivity index is 2.26. The van der Waals surface area contributed by atoms with E-state index >= 15 is 0 Å². The molecule has 3 aromatic rings. The first-order valence-corrected chi connectivity index (χ1v) is 9.23. The number of rotatable bonds is 5. The highest BCUT2D eigenvalue weighted by atomic mass is 19.4. The van der Waals surface area contributed by atoms with Gasteiger partial charge in [0, 0.05) is 18.8 Å². The molecule has 1 heterocycles. The summed E-state index contributed by atoms with van der Waals surface area (Å²) in [6.07, 6.45) is -4.40. The Hall–Kier alpha value is -3.37. The fourth-order valence-corrected chi connectivity index (χ4v) is 3.36. The van der Waals surface area contributed by atoms with Crippen molar-refractivity contribution in [1.82, 2.24) is 4.57 Å². The zero-order chi connectivity index (χ0) is 21.9. The second-order valence-corrected chi connectivity index (χ2v) is 6.96. The number of nitrogens with zero attached hydrogens (tertiary/aromatic N) is 2. The number of hydrogen-bond acceptors (Lipinski definition) is 2. The van der Waals surface area contributed by atoms with Crippen molar-refractivity contribution in [2.75, 3.05) is 6.61 Å². The molecule has 0 aliphatic heterocycles. The molecule has 0 amide bonds. The zero-order valence-corrected chi connectivity index (χ0v) is 16.2. The predicted octanol–water partition coefficient (Wildman–Crippen LogP) is 4.98. The molecule has 3 rings (SSSR count). The van der Waals surface area contributed by atoms with Crippen LogP contribution in [0.1, 0.15) is 22.3 Å². The maximum atomic E-state index is 13.6. The average molecular weight is 412 g/mol. The van der Waals surface area contributed by atoms with E-state index in [1.807, 2.05) is 19.1 Å². The first-order chi connectivity index (χ1) is 14.2. The molecular weight excluding hydrogens is 393 g/mol. The summed E-state index contributed by atoms with van der Waals surface area (Å²) >= 11 is 0. The number of aromatic nitrogens is 1. The van der Waals surface area contributed by atoms with E-state index in [4.69, 9.17) is 11.7 Å². The summed E-state index contributed by atoms with van der Waals surface area (Å²) in [5.41, 5.74) is -0.236. The van der Waals surface area contributed by atoms with E-state index in [9.17, 15) is 18.0 Å². The molecule has 30 heavy (non-hydrogen) atoms. The van der Waals surface area contributed by atoms with Gasteiger partial charge in [-0.05, 0) is 42.2 Å². The van der Waals surface area contributed by atoms with E-state index in [2.05, 4.69) is 4.85 Å². The van der Waals surface area contributed by atoms with Crippen molar-refractivity contribution in [3.63, 3.8) is 0 Å². The lowest BCUT2D eigenvalue weighted by Crippen LogP contribution is -2.25. The van der Waals surface area contributed by atoms with Gasteiger partial charge in [0.05, 0.1) is 12.1 Å². The second-order valence-electron chi connectivity index (χ2n) is 6.96. The Kier molecular flexibility index (Phi) is 6.09. The highest BCUT2D eigenvalue weighted by Crippen LogP contribution is 2.37. The molecule has 0 radical (unpaired) electrons. The van der Waals surface area contributed by atoms with Crippen molar-refractivity contribution in [2.24, 2.45) is 0 Å². The molecule has 0 aliphatic rings. The Morgan fingerprint density at radius 1 is 1.07 bits per heavy atom. The molecule has 7 heteroatoms. The number of benzene rings is 2. The van der Waals surface area contributed by atoms with Crippen molar-refractivity contribution in [1.29, 1.82) is 0 Å². The van der Waals surface area contributed by atoms with Crippen LogP contribution in [0, 0.1) is 13.5 Å². The summed E-state index contributed by atoms with van der Waals surface area (Å²) in [5, 5.41) is 9.14. The first kappa shape index (κ1) is 21.3. The molecule has 0 aliphatic carbocycles. The highest BCUT2D eigenvalue weighted by molar-refractivity contribution is 5.66. The van der Waals surface area contributed by atoms with E-state index in [1.165, 1.54) is 4.57 Å². The molecule has 0 atom stereocenters. The van der Waals surface area contributed by atoms with Crippen LogP contribution in [0.4, 0.5) is 18.9 Å². The first-order valence-electron chi connectivity index (χ1n) is 9.23. The largest absolute Gasteiger partial charge is 0.407 e. The standard InChI is InChI=1S/C23H19F3N2O2/c1-15-5-3-8-18(11-15)20-13-19(23(24,25)26)21(27-2)22(30)28(20)14-17-7-4-6-16(12-17)9-10-29/h3-8,11-13,29H,9-10,14H2,1H3. The number of aliphatic hydroxyl groups is 1. The van der Waals surface area contributed by atoms with Crippen molar-refractivity contribution in [3.05, 3.63) is 98.6 Å². The maximum Gasteiger partial charge on any atom is 0.407 e. The number of pyridine rings is 1. The van der Waals surface area contributed by atoms with Crippen LogP contribution in [-0.4, -0.2) is 16.3 Å². The molecule has 1 N–H and O–H groups in total. The fourth-order valence-electron chi connectivity index (χ4n) is 3.36. The van der Waals surface area contributed by atoms with Gasteiger partial charge in [0.2, 0.25) is 0 Å². The second kappa shape index (κ2) is 8.56. The molecule has 0 spiro atoms. The molecule has 0 saturated heterocycles. The highest BCUT2D eigenvalue weighted by Gasteiger charge is 2.36. The molecular formula is C23H19F3N2O2. The van der Waals surface area contributed by atoms with Crippen molar-refractivity contribution >= 4 is 5.69 Å². The third-order valence-corrected chi connectivity index (χ3v) is 4.74. The topological polar surface area (TPSA) is 46.6 Å². The van der Waals surface area contributed by atoms with E-state index in [0.29, 0.717) is 17.5 Å². The van der Waals surface area contributed by atoms with Crippen LogP contribution in [0.2, 0.25) is 0 Å². The van der Waals surface area contributed by atoms with Crippen LogP contribution in [0.15, 0.2) is 59.4 Å². The van der Waals surface area contributed by atoms with E-state index in [-0.39, 0.29) is 18.8 Å². The molecule has 2 aromatic carbocycles. The number of aliphatic hydroxyl groups excluding tert-OH is 1. The van der Waals surface area contributed by atoms with Crippen molar-refractivity contribution in [2.45, 2.75) is 26.1 Å². The summed E-state index contributed by atoms with van der Waals surface area (Å²) in [5.74, 6) is 0. The van der Waals surface area contributed by atoms with Crippen LogP contribution < -0.4 is 5.56 Å². The molecule has 154 valence electrons. The smallest absolute Gasteiger partial charge is 0.396 e. The lowest BCUT2D eigenvalue weighted by atomic mass is 10.0. The van der Waals surface area contributed by atoms with Gasteiger partial charge >= 0.3 is 6.18 Å². The Morgan fingerprint density at radius 2 is 1.77 bits per heavy atom. The van der Waals surface area contributed by atoms with E-state index in [0.717, 1.165) is 17.2 Å². The minimum Gasteiger partial charge on any atom is -0.396 e. The molecule has 0 saturated carbocycles. The van der Waals surface area contributed by atoms with Gasteiger partial charge < -0.3 is 9.67 Å². The normalized spacial score (nSPS) is 11.3. The van der Waals surface area contributed by atoms with Gasteiger partial charge in [-0.25, -0.2) is 4.85 Å². The minimum atomic E-state index is -4.82. The van der Waals surface area contributed by atoms with Gasteiger partial charge in [-0.2, -0.15) is 13.2 Å². The Labute approximate surface area is 171 Å². The molecule has 1 aromatic heterocycles. The van der Waals surface area contributed by atoms with Gasteiger partial charge in [0.25, 0.3) is 11.2 Å². The third kappa shape index (κ3) is 4.44. The third-order valence-electron chi connectivity index (χ3n) is 4.74. The summed E-state index contributed by atoms with van der Waals surface area (Å²) < 4.78 is 41.9. The van der Waals surface area contributed by atoms with Crippen LogP contribution in [0.25, 0.3) is 16.1 Å². The van der Waals surface area contributed by atoms with Gasteiger partial charge in [-0.3, -0.25) is 4.79 Å². The number of aryl methyl sites for hydroxylation is 1. The molecule has 4 nitrogen and oxygen atoms in total. The fraction of sp³-hybridized carbons (Fsp3) is 0.217.